The Bertz CT molecular complexity index is 720. The molecule has 0 spiro atoms. The molecule has 2 aromatic rings. The molecule has 0 amide bonds. The molecule has 1 aromatic heterocycles. The lowest BCUT2D eigenvalue weighted by Gasteiger charge is -2.10. The zero-order valence-corrected chi connectivity index (χ0v) is 16.4. The van der Waals surface area contributed by atoms with Crippen LogP contribution in [0.2, 0.25) is 0 Å². The van der Waals surface area contributed by atoms with Gasteiger partial charge in [-0.25, -0.2) is 0 Å². The van der Waals surface area contributed by atoms with Crippen molar-refractivity contribution in [3.63, 3.8) is 0 Å². The molecule has 1 aromatic carbocycles. The second kappa shape index (κ2) is 9.44. The van der Waals surface area contributed by atoms with Gasteiger partial charge >= 0.3 is 0 Å². The molecule has 0 unspecified atom stereocenters. The minimum Gasteiger partial charge on any atom is -0.490 e. The Morgan fingerprint density at radius 3 is 2.84 bits per heavy atom. The number of aryl methyl sites for hydroxylation is 1. The van der Waals surface area contributed by atoms with E-state index in [1.807, 2.05) is 25.1 Å². The molecule has 0 bridgehead atoms. The van der Waals surface area contributed by atoms with Gasteiger partial charge in [-0.3, -0.25) is 4.99 Å². The van der Waals surface area contributed by atoms with E-state index in [0.29, 0.717) is 49.6 Å². The minimum atomic E-state index is 0. The van der Waals surface area contributed by atoms with Crippen molar-refractivity contribution in [1.29, 1.82) is 0 Å². The van der Waals surface area contributed by atoms with Crippen LogP contribution >= 0.6 is 24.0 Å². The van der Waals surface area contributed by atoms with E-state index in [-0.39, 0.29) is 24.0 Å². The van der Waals surface area contributed by atoms with Gasteiger partial charge in [-0.15, -0.1) is 24.0 Å². The van der Waals surface area contributed by atoms with E-state index < -0.39 is 0 Å². The lowest BCUT2D eigenvalue weighted by atomic mass is 10.3. The number of nitrogens with two attached hydrogens (primary N) is 1. The van der Waals surface area contributed by atoms with E-state index in [1.165, 1.54) is 0 Å². The number of anilines is 1. The first-order valence-electron chi connectivity index (χ1n) is 8.02. The van der Waals surface area contributed by atoms with Gasteiger partial charge in [0.15, 0.2) is 23.3 Å². The maximum Gasteiger partial charge on any atom is 0.226 e. The quantitative estimate of drug-likeness (QED) is 0.402. The highest BCUT2D eigenvalue weighted by molar-refractivity contribution is 14.0. The van der Waals surface area contributed by atoms with Crippen molar-refractivity contribution >= 4 is 35.6 Å². The standard InChI is InChI=1S/C16H21N5O3.HI/c1-2-15-20-14(21-24-15)6-7-18-16(17)19-11-4-5-12-13(10-11)23-9-3-8-22-12;/h4-5,10H,2-3,6-9H2,1H3,(H3,17,18,19);1H. The highest BCUT2D eigenvalue weighted by Crippen LogP contribution is 2.32. The van der Waals surface area contributed by atoms with Crippen LogP contribution in [0, 0.1) is 0 Å². The fourth-order valence-corrected chi connectivity index (χ4v) is 2.24. The second-order valence-electron chi connectivity index (χ2n) is 5.31. The zero-order valence-electron chi connectivity index (χ0n) is 14.0. The summed E-state index contributed by atoms with van der Waals surface area (Å²) in [6.45, 7) is 3.75. The van der Waals surface area contributed by atoms with E-state index in [4.69, 9.17) is 19.7 Å². The molecule has 136 valence electrons. The summed E-state index contributed by atoms with van der Waals surface area (Å²) >= 11 is 0. The molecule has 0 radical (unpaired) electrons. The van der Waals surface area contributed by atoms with Gasteiger partial charge in [-0.2, -0.15) is 4.98 Å². The molecular weight excluding hydrogens is 437 g/mol. The highest BCUT2D eigenvalue weighted by atomic mass is 127. The van der Waals surface area contributed by atoms with Gasteiger partial charge < -0.3 is 25.0 Å². The van der Waals surface area contributed by atoms with Crippen molar-refractivity contribution in [3.8, 4) is 11.5 Å². The van der Waals surface area contributed by atoms with Crippen molar-refractivity contribution < 1.29 is 14.0 Å². The van der Waals surface area contributed by atoms with Crippen LogP contribution in [0.4, 0.5) is 5.69 Å². The number of fused-ring (bicyclic) bond motifs is 1. The van der Waals surface area contributed by atoms with Crippen molar-refractivity contribution in [2.24, 2.45) is 10.7 Å². The van der Waals surface area contributed by atoms with E-state index in [0.717, 1.165) is 24.3 Å². The Labute approximate surface area is 163 Å². The molecule has 0 saturated heterocycles. The van der Waals surface area contributed by atoms with Gasteiger partial charge in [0.2, 0.25) is 5.89 Å². The van der Waals surface area contributed by atoms with Crippen LogP contribution in [0.3, 0.4) is 0 Å². The fraction of sp³-hybridized carbons (Fsp3) is 0.438. The van der Waals surface area contributed by atoms with Crippen LogP contribution in [-0.4, -0.2) is 35.9 Å². The number of aromatic nitrogens is 2. The summed E-state index contributed by atoms with van der Waals surface area (Å²) in [5, 5.41) is 6.92. The Morgan fingerprint density at radius 2 is 2.08 bits per heavy atom. The molecule has 3 N–H and O–H groups in total. The van der Waals surface area contributed by atoms with Crippen LogP contribution in [-0.2, 0) is 12.8 Å². The average Bonchev–Trinajstić information content (AvgIpc) is 2.91. The van der Waals surface area contributed by atoms with Gasteiger partial charge in [-0.1, -0.05) is 12.1 Å². The topological polar surface area (TPSA) is 108 Å². The molecular formula is C16H22IN5O3. The molecule has 0 saturated carbocycles. The summed E-state index contributed by atoms with van der Waals surface area (Å²) in [6, 6.07) is 5.60. The lowest BCUT2D eigenvalue weighted by Crippen LogP contribution is -2.23. The molecule has 2 heterocycles. The maximum absolute atomic E-state index is 5.91. The maximum atomic E-state index is 5.91. The third-order valence-electron chi connectivity index (χ3n) is 3.45. The number of hydrogen-bond donors (Lipinski definition) is 2. The number of guanidine groups is 1. The number of nitrogens with one attached hydrogen (secondary N) is 1. The molecule has 25 heavy (non-hydrogen) atoms. The largest absolute Gasteiger partial charge is 0.490 e. The molecule has 0 aliphatic carbocycles. The normalized spacial score (nSPS) is 13.7. The van der Waals surface area contributed by atoms with Crippen molar-refractivity contribution in [2.45, 2.75) is 26.2 Å². The first-order chi connectivity index (χ1) is 11.7. The molecule has 1 aliphatic rings. The zero-order chi connectivity index (χ0) is 16.8. The number of hydrogen-bond acceptors (Lipinski definition) is 6. The predicted molar refractivity (Wildman–Crippen MR) is 105 cm³/mol. The summed E-state index contributed by atoms with van der Waals surface area (Å²) in [7, 11) is 0. The number of halogens is 1. The number of ether oxygens (including phenoxy) is 2. The second-order valence-corrected chi connectivity index (χ2v) is 5.31. The third-order valence-corrected chi connectivity index (χ3v) is 3.45. The van der Waals surface area contributed by atoms with Gasteiger partial charge in [0, 0.05) is 37.6 Å². The predicted octanol–water partition coefficient (Wildman–Crippen LogP) is 2.38. The molecule has 0 atom stereocenters. The van der Waals surface area contributed by atoms with Crippen molar-refractivity contribution in [1.82, 2.24) is 10.1 Å². The van der Waals surface area contributed by atoms with Gasteiger partial charge in [0.05, 0.1) is 13.2 Å². The Kier molecular flexibility index (Phi) is 7.29. The Hall–Kier alpha value is -2.04. The van der Waals surface area contributed by atoms with Crippen molar-refractivity contribution in [3.05, 3.63) is 29.9 Å². The molecule has 8 nitrogen and oxygen atoms in total. The van der Waals surface area contributed by atoms with Crippen molar-refractivity contribution in [2.75, 3.05) is 25.1 Å². The minimum absolute atomic E-state index is 0. The number of benzene rings is 1. The van der Waals surface area contributed by atoms with Crippen LogP contribution < -0.4 is 20.5 Å². The Morgan fingerprint density at radius 1 is 1.28 bits per heavy atom. The van der Waals surface area contributed by atoms with Gasteiger partial charge in [-0.05, 0) is 12.1 Å². The lowest BCUT2D eigenvalue weighted by molar-refractivity contribution is 0.297. The van der Waals surface area contributed by atoms with Gasteiger partial charge in [0.1, 0.15) is 0 Å². The fourth-order valence-electron chi connectivity index (χ4n) is 2.24. The van der Waals surface area contributed by atoms with E-state index in [2.05, 4.69) is 20.4 Å². The summed E-state index contributed by atoms with van der Waals surface area (Å²) in [6.07, 6.45) is 2.17. The van der Waals surface area contributed by atoms with Crippen LogP contribution in [0.5, 0.6) is 11.5 Å². The highest BCUT2D eigenvalue weighted by Gasteiger charge is 2.11. The third kappa shape index (κ3) is 5.48. The van der Waals surface area contributed by atoms with Crippen LogP contribution in [0.1, 0.15) is 25.1 Å². The molecule has 9 heteroatoms. The first kappa shape index (κ1) is 19.3. The average molecular weight is 459 g/mol. The van der Waals surface area contributed by atoms with Gasteiger partial charge in [0.25, 0.3) is 0 Å². The number of nitrogens with zero attached hydrogens (tertiary/aromatic N) is 3. The van der Waals surface area contributed by atoms with E-state index in [1.54, 1.807) is 0 Å². The summed E-state index contributed by atoms with van der Waals surface area (Å²) < 4.78 is 16.3. The summed E-state index contributed by atoms with van der Waals surface area (Å²) in [5.41, 5.74) is 6.71. The van der Waals surface area contributed by atoms with Crippen LogP contribution in [0.15, 0.2) is 27.7 Å². The monoisotopic (exact) mass is 459 g/mol. The molecule has 1 aliphatic heterocycles. The molecule has 0 fully saturated rings. The molecule has 3 rings (SSSR count). The van der Waals surface area contributed by atoms with E-state index in [9.17, 15) is 0 Å². The van der Waals surface area contributed by atoms with Crippen LogP contribution in [0.25, 0.3) is 0 Å². The first-order valence-corrected chi connectivity index (χ1v) is 8.02. The number of aliphatic imine (C=N–C) groups is 1. The number of rotatable bonds is 5. The Balaban J connectivity index is 0.00000225. The summed E-state index contributed by atoms with van der Waals surface area (Å²) in [5.74, 6) is 3.05. The smallest absolute Gasteiger partial charge is 0.226 e. The SMILES string of the molecule is CCc1nc(CCN=C(N)Nc2ccc3c(c2)OCCCO3)no1.I. The van der Waals surface area contributed by atoms with E-state index >= 15 is 0 Å². The summed E-state index contributed by atoms with van der Waals surface area (Å²) in [4.78, 5) is 8.50.